The fourth-order valence-electron chi connectivity index (χ4n) is 7.62. The number of ketones is 2. The van der Waals surface area contributed by atoms with Gasteiger partial charge in [0.1, 0.15) is 23.2 Å². The number of fused-ring (bicyclic) bond motifs is 4. The van der Waals surface area contributed by atoms with Gasteiger partial charge in [0, 0.05) is 39.8 Å². The van der Waals surface area contributed by atoms with Crippen LogP contribution in [-0.4, -0.2) is 39.4 Å². The number of Topliss-reactive ketones (excluding diaryl/α,β-unsaturated/α-hetero) is 2. The molecular weight excluding hydrogens is 653 g/mol. The average Bonchev–Trinajstić information content (AvgIpc) is 3.72. The molecule has 6 nitrogen and oxygen atoms in total. The number of ether oxygens (including phenoxy) is 1. The number of thiophene rings is 1. The van der Waals surface area contributed by atoms with Gasteiger partial charge in [-0.25, -0.2) is 0 Å². The Balaban J connectivity index is 1.26. The largest absolute Gasteiger partial charge is 0.429 e. The summed E-state index contributed by atoms with van der Waals surface area (Å²) >= 11 is 1.52. The summed E-state index contributed by atoms with van der Waals surface area (Å²) in [5.74, 6) is -0.606. The van der Waals surface area contributed by atoms with Crippen LogP contribution >= 0.6 is 11.3 Å². The second-order valence-corrected chi connectivity index (χ2v) is 17.7. The summed E-state index contributed by atoms with van der Waals surface area (Å²) in [6.45, 7) is 20.9. The van der Waals surface area contributed by atoms with E-state index in [0.29, 0.717) is 12.2 Å². The molecule has 51 heavy (non-hydrogen) atoms. The smallest absolute Gasteiger partial charge is 0.298 e. The molecule has 1 aliphatic carbocycles. The van der Waals surface area contributed by atoms with Crippen molar-refractivity contribution in [3.63, 3.8) is 0 Å². The van der Waals surface area contributed by atoms with Crippen LogP contribution in [0.5, 0.6) is 5.75 Å². The lowest BCUT2D eigenvalue weighted by molar-refractivity contribution is -0.438. The average molecular weight is 700 g/mol. The van der Waals surface area contributed by atoms with Crippen LogP contribution in [0.1, 0.15) is 103 Å². The first-order chi connectivity index (χ1) is 24.1. The standard InChI is InChI=1S/C44H47N2O4S/c1-10-11-20-45-35-17-14-28(50-25-47)23-32(35)44(8,9)37(45)24-31-40(48)39(41(31)49)36-18-19-38(51-36)46-33-15-12-26(42(2,3)4)21-29(33)30-22-27(43(5,6)7)13-16-34(30)46/h12-19,21-25,39H,10-11,20H2,1-9H3/q+1. The zero-order valence-electron chi connectivity index (χ0n) is 31.1. The molecular formula is C44H47N2O4S+. The second kappa shape index (κ2) is 12.3. The van der Waals surface area contributed by atoms with E-state index >= 15 is 0 Å². The van der Waals surface area contributed by atoms with Crippen LogP contribution in [-0.2, 0) is 30.6 Å². The first kappa shape index (κ1) is 34.8. The van der Waals surface area contributed by atoms with E-state index in [4.69, 9.17) is 4.74 Å². The summed E-state index contributed by atoms with van der Waals surface area (Å²) in [5, 5.41) is 3.39. The molecule has 7 rings (SSSR count). The van der Waals surface area contributed by atoms with Crippen LogP contribution in [0.2, 0.25) is 0 Å². The van der Waals surface area contributed by atoms with Crippen molar-refractivity contribution in [2.45, 2.75) is 97.3 Å². The van der Waals surface area contributed by atoms with Crippen LogP contribution < -0.4 is 4.74 Å². The Morgan fingerprint density at radius 2 is 1.45 bits per heavy atom. The van der Waals surface area contributed by atoms with Crippen molar-refractivity contribution >= 4 is 62.6 Å². The number of carbonyl (C=O) groups excluding carboxylic acids is 3. The molecule has 0 unspecified atom stereocenters. The molecule has 3 aromatic carbocycles. The van der Waals surface area contributed by atoms with E-state index in [1.807, 2.05) is 30.3 Å². The van der Waals surface area contributed by atoms with E-state index in [0.717, 1.165) is 57.3 Å². The van der Waals surface area contributed by atoms with E-state index in [2.05, 4.69) is 108 Å². The molecule has 0 amide bonds. The Hall–Kier alpha value is -4.62. The highest BCUT2D eigenvalue weighted by atomic mass is 32.1. The number of hydrogen-bond donors (Lipinski definition) is 0. The van der Waals surface area contributed by atoms with Gasteiger partial charge in [-0.15, -0.1) is 11.3 Å². The number of unbranched alkanes of at least 4 members (excludes halogenated alkanes) is 1. The topological polar surface area (TPSA) is 68.4 Å². The number of aromatic nitrogens is 1. The first-order valence-electron chi connectivity index (χ1n) is 18.0. The van der Waals surface area contributed by atoms with Gasteiger partial charge < -0.3 is 9.30 Å². The Kier molecular flexibility index (Phi) is 8.37. The van der Waals surface area contributed by atoms with Gasteiger partial charge in [-0.1, -0.05) is 67.0 Å². The first-order valence-corrected chi connectivity index (χ1v) is 18.8. The number of carbonyl (C=O) groups is 3. The van der Waals surface area contributed by atoms with Crippen LogP contribution in [0.3, 0.4) is 0 Å². The Morgan fingerprint density at radius 3 is 2.00 bits per heavy atom. The Bertz CT molecular complexity index is 2240. The van der Waals surface area contributed by atoms with Crippen molar-refractivity contribution in [2.75, 3.05) is 6.54 Å². The minimum atomic E-state index is -0.799. The summed E-state index contributed by atoms with van der Waals surface area (Å²) in [5.41, 5.74) is 7.45. The molecule has 0 bridgehead atoms. The fraction of sp³-hybridized carbons (Fsp3) is 0.364. The van der Waals surface area contributed by atoms with Crippen molar-refractivity contribution in [1.29, 1.82) is 0 Å². The highest BCUT2D eigenvalue weighted by Gasteiger charge is 2.50. The van der Waals surface area contributed by atoms with Crippen molar-refractivity contribution < 1.29 is 23.7 Å². The van der Waals surface area contributed by atoms with Gasteiger partial charge in [-0.3, -0.25) is 14.4 Å². The molecule has 2 aliphatic rings. The number of rotatable bonds is 8. The van der Waals surface area contributed by atoms with Gasteiger partial charge in [-0.05, 0) is 84.3 Å². The van der Waals surface area contributed by atoms with Gasteiger partial charge in [0.2, 0.25) is 5.69 Å². The monoisotopic (exact) mass is 699 g/mol. The second-order valence-electron chi connectivity index (χ2n) is 16.6. The zero-order valence-corrected chi connectivity index (χ0v) is 32.0. The summed E-state index contributed by atoms with van der Waals surface area (Å²) in [4.78, 5) is 39.6. The van der Waals surface area contributed by atoms with E-state index in [-0.39, 0.29) is 28.0 Å². The molecule has 2 aromatic heterocycles. The molecule has 1 fully saturated rings. The third-order valence-electron chi connectivity index (χ3n) is 10.7. The van der Waals surface area contributed by atoms with Gasteiger partial charge in [0.15, 0.2) is 17.3 Å². The molecule has 0 N–H and O–H groups in total. The summed E-state index contributed by atoms with van der Waals surface area (Å²) in [7, 11) is 0. The maximum Gasteiger partial charge on any atom is 0.298 e. The van der Waals surface area contributed by atoms with Crippen molar-refractivity contribution in [2.24, 2.45) is 0 Å². The summed E-state index contributed by atoms with van der Waals surface area (Å²) in [6, 6.07) is 23.1. The molecule has 5 aromatic rings. The van der Waals surface area contributed by atoms with E-state index in [9.17, 15) is 14.4 Å². The highest BCUT2D eigenvalue weighted by molar-refractivity contribution is 7.15. The predicted molar refractivity (Wildman–Crippen MR) is 208 cm³/mol. The number of benzene rings is 3. The van der Waals surface area contributed by atoms with Gasteiger partial charge in [0.05, 0.1) is 22.0 Å². The van der Waals surface area contributed by atoms with Crippen LogP contribution in [0, 0.1) is 0 Å². The van der Waals surface area contributed by atoms with E-state index < -0.39 is 11.3 Å². The van der Waals surface area contributed by atoms with Crippen LogP contribution in [0.25, 0.3) is 26.8 Å². The molecule has 1 saturated carbocycles. The number of allylic oxidation sites excluding steroid dienone is 2. The Morgan fingerprint density at radius 1 is 0.843 bits per heavy atom. The maximum atomic E-state index is 13.9. The SMILES string of the molecule is CCCC[N+]1=C(C=C2C(=O)C(c3ccc(-n4c5ccc(C(C)(C)C)cc5c5cc(C(C)(C)C)ccc54)s3)C2=O)C(C)(C)c2cc(OC=O)ccc21. The lowest BCUT2D eigenvalue weighted by atomic mass is 9.73. The number of hydrogen-bond acceptors (Lipinski definition) is 5. The maximum absolute atomic E-state index is 13.9. The van der Waals surface area contributed by atoms with Crippen LogP contribution in [0.4, 0.5) is 5.69 Å². The lowest BCUT2D eigenvalue weighted by Gasteiger charge is -2.25. The predicted octanol–water partition coefficient (Wildman–Crippen LogP) is 10.0. The van der Waals surface area contributed by atoms with E-state index in [1.54, 1.807) is 6.07 Å². The van der Waals surface area contributed by atoms with Gasteiger partial charge >= 0.3 is 0 Å². The van der Waals surface area contributed by atoms with Crippen LogP contribution in [0.15, 0.2) is 78.4 Å². The Labute approximate surface area is 304 Å². The highest BCUT2D eigenvalue weighted by Crippen LogP contribution is 2.46. The minimum Gasteiger partial charge on any atom is -0.429 e. The normalized spacial score (nSPS) is 17.4. The van der Waals surface area contributed by atoms with Crippen molar-refractivity contribution in [1.82, 2.24) is 4.57 Å². The number of nitrogens with zero attached hydrogens (tertiary/aromatic N) is 2. The van der Waals surface area contributed by atoms with Gasteiger partial charge in [0.25, 0.3) is 6.47 Å². The molecule has 3 heterocycles. The van der Waals surface area contributed by atoms with Gasteiger partial charge in [-0.2, -0.15) is 4.58 Å². The molecule has 7 heteroatoms. The molecule has 0 saturated heterocycles. The van der Waals surface area contributed by atoms with Crippen molar-refractivity contribution in [3.05, 3.63) is 99.9 Å². The minimum absolute atomic E-state index is 0.00602. The molecule has 0 atom stereocenters. The third kappa shape index (κ3) is 5.70. The quantitative estimate of drug-likeness (QED) is 0.0532. The molecule has 0 radical (unpaired) electrons. The molecule has 0 spiro atoms. The third-order valence-corrected chi connectivity index (χ3v) is 11.9. The molecule has 1 aliphatic heterocycles. The zero-order chi connectivity index (χ0) is 36.6. The summed E-state index contributed by atoms with van der Waals surface area (Å²) < 4.78 is 9.66. The van der Waals surface area contributed by atoms with Crippen molar-refractivity contribution in [3.8, 4) is 10.8 Å². The summed E-state index contributed by atoms with van der Waals surface area (Å²) in [6.07, 6.45) is 3.78. The fourth-order valence-corrected chi connectivity index (χ4v) is 8.76. The molecule has 262 valence electrons. The van der Waals surface area contributed by atoms with E-state index in [1.165, 1.54) is 33.2 Å². The lowest BCUT2D eigenvalue weighted by Crippen LogP contribution is -2.40.